The average Bonchev–Trinajstić information content (AvgIpc) is 2.97. The predicted octanol–water partition coefficient (Wildman–Crippen LogP) is 2.04. The molecular formula is C18H27N3O. The highest BCUT2D eigenvalue weighted by Crippen LogP contribution is 2.27. The second-order valence-electron chi connectivity index (χ2n) is 6.90. The number of benzene rings is 1. The van der Waals surface area contributed by atoms with Crippen LogP contribution >= 0.6 is 0 Å². The van der Waals surface area contributed by atoms with Gasteiger partial charge in [-0.2, -0.15) is 0 Å². The summed E-state index contributed by atoms with van der Waals surface area (Å²) < 4.78 is 0. The SMILES string of the molecule is NC1(C(=O)NC2CCCN(Cc3ccccc3)C2)CCCC1. The van der Waals surface area contributed by atoms with Crippen LogP contribution in [-0.4, -0.2) is 35.5 Å². The number of nitrogens with one attached hydrogen (secondary N) is 1. The van der Waals surface area contributed by atoms with Crippen LogP contribution < -0.4 is 11.1 Å². The van der Waals surface area contributed by atoms with Crippen LogP contribution in [-0.2, 0) is 11.3 Å². The lowest BCUT2D eigenvalue weighted by atomic mass is 9.96. The average molecular weight is 301 g/mol. The van der Waals surface area contributed by atoms with Crippen molar-refractivity contribution in [2.24, 2.45) is 5.73 Å². The van der Waals surface area contributed by atoms with Gasteiger partial charge in [-0.3, -0.25) is 9.69 Å². The zero-order valence-corrected chi connectivity index (χ0v) is 13.3. The number of likely N-dealkylation sites (tertiary alicyclic amines) is 1. The van der Waals surface area contributed by atoms with E-state index in [0.29, 0.717) is 0 Å². The number of carbonyl (C=O) groups excluding carboxylic acids is 1. The minimum Gasteiger partial charge on any atom is -0.350 e. The fourth-order valence-electron chi connectivity index (χ4n) is 3.72. The zero-order valence-electron chi connectivity index (χ0n) is 13.3. The van der Waals surface area contributed by atoms with Crippen LogP contribution in [0.1, 0.15) is 44.1 Å². The summed E-state index contributed by atoms with van der Waals surface area (Å²) in [6.07, 6.45) is 6.02. The first-order valence-electron chi connectivity index (χ1n) is 8.52. The lowest BCUT2D eigenvalue weighted by Crippen LogP contribution is -2.57. The first-order chi connectivity index (χ1) is 10.7. The summed E-state index contributed by atoms with van der Waals surface area (Å²) >= 11 is 0. The maximum absolute atomic E-state index is 12.4. The molecule has 4 nitrogen and oxygen atoms in total. The summed E-state index contributed by atoms with van der Waals surface area (Å²) in [6, 6.07) is 10.8. The van der Waals surface area contributed by atoms with E-state index in [2.05, 4.69) is 34.5 Å². The van der Waals surface area contributed by atoms with Crippen LogP contribution in [0.5, 0.6) is 0 Å². The molecule has 1 atom stereocenters. The number of nitrogens with zero attached hydrogens (tertiary/aromatic N) is 1. The monoisotopic (exact) mass is 301 g/mol. The molecule has 3 rings (SSSR count). The molecule has 1 aromatic carbocycles. The van der Waals surface area contributed by atoms with Crippen LogP contribution in [0.25, 0.3) is 0 Å². The van der Waals surface area contributed by atoms with Crippen LogP contribution in [0.3, 0.4) is 0 Å². The maximum Gasteiger partial charge on any atom is 0.240 e. The molecule has 1 heterocycles. The van der Waals surface area contributed by atoms with Crippen molar-refractivity contribution in [3.05, 3.63) is 35.9 Å². The van der Waals surface area contributed by atoms with E-state index in [1.807, 2.05) is 6.07 Å². The van der Waals surface area contributed by atoms with E-state index < -0.39 is 5.54 Å². The van der Waals surface area contributed by atoms with Gasteiger partial charge >= 0.3 is 0 Å². The summed E-state index contributed by atoms with van der Waals surface area (Å²) in [6.45, 7) is 2.99. The van der Waals surface area contributed by atoms with E-state index in [1.54, 1.807) is 0 Å². The number of nitrogens with two attached hydrogens (primary N) is 1. The molecule has 3 N–H and O–H groups in total. The molecule has 22 heavy (non-hydrogen) atoms. The fourth-order valence-corrected chi connectivity index (χ4v) is 3.72. The molecule has 1 aromatic rings. The third kappa shape index (κ3) is 3.68. The summed E-state index contributed by atoms with van der Waals surface area (Å²) in [5.74, 6) is 0.0663. The molecule has 1 aliphatic heterocycles. The third-order valence-corrected chi connectivity index (χ3v) is 5.04. The van der Waals surface area contributed by atoms with E-state index in [9.17, 15) is 4.79 Å². The van der Waals surface area contributed by atoms with Crippen molar-refractivity contribution in [3.63, 3.8) is 0 Å². The van der Waals surface area contributed by atoms with Crippen LogP contribution in [0.2, 0.25) is 0 Å². The standard InChI is InChI=1S/C18H27N3O/c19-18(10-4-5-11-18)17(22)20-16-9-6-12-21(14-16)13-15-7-2-1-3-8-15/h1-3,7-8,16H,4-6,9-14,19H2,(H,20,22). The minimum atomic E-state index is -0.609. The van der Waals surface area contributed by atoms with Crippen molar-refractivity contribution in [2.75, 3.05) is 13.1 Å². The Kier molecular flexibility index (Phi) is 4.79. The van der Waals surface area contributed by atoms with Crippen molar-refractivity contribution in [3.8, 4) is 0 Å². The quantitative estimate of drug-likeness (QED) is 0.895. The van der Waals surface area contributed by atoms with Crippen molar-refractivity contribution < 1.29 is 4.79 Å². The lowest BCUT2D eigenvalue weighted by Gasteiger charge is -2.35. The summed E-state index contributed by atoms with van der Waals surface area (Å²) in [5.41, 5.74) is 6.98. The Hall–Kier alpha value is -1.39. The highest BCUT2D eigenvalue weighted by atomic mass is 16.2. The first-order valence-corrected chi connectivity index (χ1v) is 8.52. The molecule has 4 heteroatoms. The smallest absolute Gasteiger partial charge is 0.240 e. The number of hydrogen-bond donors (Lipinski definition) is 2. The van der Waals surface area contributed by atoms with Crippen molar-refractivity contribution in [1.29, 1.82) is 0 Å². The second kappa shape index (κ2) is 6.80. The molecule has 2 aliphatic rings. The summed E-state index contributed by atoms with van der Waals surface area (Å²) in [5, 5.41) is 3.21. The Balaban J connectivity index is 1.53. The highest BCUT2D eigenvalue weighted by Gasteiger charge is 2.38. The molecule has 0 aromatic heterocycles. The summed E-state index contributed by atoms with van der Waals surface area (Å²) in [7, 11) is 0. The van der Waals surface area contributed by atoms with E-state index in [1.165, 1.54) is 5.56 Å². The molecular weight excluding hydrogens is 274 g/mol. The van der Waals surface area contributed by atoms with E-state index >= 15 is 0 Å². The molecule has 1 unspecified atom stereocenters. The van der Waals surface area contributed by atoms with E-state index in [4.69, 9.17) is 5.73 Å². The molecule has 1 saturated carbocycles. The maximum atomic E-state index is 12.4. The van der Waals surface area contributed by atoms with Crippen molar-refractivity contribution in [2.45, 2.75) is 56.7 Å². The Labute approximate surface area is 133 Å². The molecule has 0 bridgehead atoms. The molecule has 120 valence electrons. The van der Waals surface area contributed by atoms with E-state index in [0.717, 1.165) is 58.2 Å². The number of carbonyl (C=O) groups is 1. The fraction of sp³-hybridized carbons (Fsp3) is 0.611. The minimum absolute atomic E-state index is 0.0663. The van der Waals surface area contributed by atoms with Gasteiger partial charge in [0.25, 0.3) is 0 Å². The van der Waals surface area contributed by atoms with Gasteiger partial charge in [0.1, 0.15) is 0 Å². The second-order valence-corrected chi connectivity index (χ2v) is 6.90. The van der Waals surface area contributed by atoms with Gasteiger partial charge in [0.15, 0.2) is 0 Å². The van der Waals surface area contributed by atoms with Gasteiger partial charge in [-0.25, -0.2) is 0 Å². The number of piperidine rings is 1. The van der Waals surface area contributed by atoms with Gasteiger partial charge in [-0.15, -0.1) is 0 Å². The number of hydrogen-bond acceptors (Lipinski definition) is 3. The lowest BCUT2D eigenvalue weighted by molar-refractivity contribution is -0.127. The number of amides is 1. The van der Waals surface area contributed by atoms with E-state index in [-0.39, 0.29) is 11.9 Å². The molecule has 1 saturated heterocycles. The largest absolute Gasteiger partial charge is 0.350 e. The normalized spacial score (nSPS) is 25.0. The predicted molar refractivity (Wildman–Crippen MR) is 88.3 cm³/mol. The Morgan fingerprint density at radius 1 is 1.23 bits per heavy atom. The Morgan fingerprint density at radius 3 is 2.68 bits per heavy atom. The molecule has 0 radical (unpaired) electrons. The van der Waals surface area contributed by atoms with Gasteiger partial charge in [0.05, 0.1) is 5.54 Å². The third-order valence-electron chi connectivity index (χ3n) is 5.04. The van der Waals surface area contributed by atoms with Crippen molar-refractivity contribution in [1.82, 2.24) is 10.2 Å². The first kappa shape index (κ1) is 15.5. The Bertz CT molecular complexity index is 496. The molecule has 1 amide bonds. The topological polar surface area (TPSA) is 58.4 Å². The van der Waals surface area contributed by atoms with Gasteiger partial charge in [0, 0.05) is 19.1 Å². The highest BCUT2D eigenvalue weighted by molar-refractivity contribution is 5.86. The van der Waals surface area contributed by atoms with Crippen LogP contribution in [0.4, 0.5) is 0 Å². The van der Waals surface area contributed by atoms with Gasteiger partial charge in [-0.1, -0.05) is 43.2 Å². The van der Waals surface area contributed by atoms with Gasteiger partial charge in [-0.05, 0) is 37.8 Å². The Morgan fingerprint density at radius 2 is 1.95 bits per heavy atom. The van der Waals surface area contributed by atoms with Gasteiger partial charge < -0.3 is 11.1 Å². The molecule has 0 spiro atoms. The van der Waals surface area contributed by atoms with Crippen LogP contribution in [0.15, 0.2) is 30.3 Å². The molecule has 2 fully saturated rings. The molecule has 1 aliphatic carbocycles. The van der Waals surface area contributed by atoms with Crippen molar-refractivity contribution >= 4 is 5.91 Å². The van der Waals surface area contributed by atoms with Crippen LogP contribution in [0, 0.1) is 0 Å². The van der Waals surface area contributed by atoms with Gasteiger partial charge in [0.2, 0.25) is 5.91 Å². The summed E-state index contributed by atoms with van der Waals surface area (Å²) in [4.78, 5) is 14.9. The number of rotatable bonds is 4. The zero-order chi connectivity index (χ0) is 15.4.